The molecule has 0 saturated carbocycles. The summed E-state index contributed by atoms with van der Waals surface area (Å²) in [6.45, 7) is 1.79. The van der Waals surface area contributed by atoms with E-state index in [-0.39, 0.29) is 28.2 Å². The van der Waals surface area contributed by atoms with Gasteiger partial charge >= 0.3 is 6.18 Å². The van der Waals surface area contributed by atoms with Crippen LogP contribution >= 0.6 is 27.3 Å². The average molecular weight is 558 g/mol. The summed E-state index contributed by atoms with van der Waals surface area (Å²) in [5.41, 5.74) is 0.808. The van der Waals surface area contributed by atoms with Gasteiger partial charge in [0, 0.05) is 43.2 Å². The number of anilines is 2. The maximum atomic E-state index is 13.9. The van der Waals surface area contributed by atoms with Crippen molar-refractivity contribution in [3.05, 3.63) is 62.6 Å². The first kappa shape index (κ1) is 23.2. The number of benzene rings is 1. The first-order valence-electron chi connectivity index (χ1n) is 10.7. The van der Waals surface area contributed by atoms with Crippen LogP contribution in [0.3, 0.4) is 0 Å². The smallest absolute Gasteiger partial charge is 0.368 e. The average Bonchev–Trinajstić information content (AvgIpc) is 3.47. The number of hydrogen-bond acceptors (Lipinski definition) is 5. The van der Waals surface area contributed by atoms with Gasteiger partial charge in [0.1, 0.15) is 11.6 Å². The van der Waals surface area contributed by atoms with E-state index in [1.165, 1.54) is 23.5 Å². The number of nitrogens with zero attached hydrogens (tertiary/aromatic N) is 4. The highest BCUT2D eigenvalue weighted by Crippen LogP contribution is 2.47. The Labute approximate surface area is 205 Å². The second-order valence-corrected chi connectivity index (χ2v) is 9.99. The number of hydrogen-bond donors (Lipinski definition) is 1. The number of amides is 1. The third-order valence-corrected chi connectivity index (χ3v) is 7.88. The van der Waals surface area contributed by atoms with Crippen LogP contribution in [0, 0.1) is 5.82 Å². The predicted molar refractivity (Wildman–Crippen MR) is 125 cm³/mol. The lowest BCUT2D eigenvalue weighted by Crippen LogP contribution is -2.49. The fourth-order valence-electron chi connectivity index (χ4n) is 4.37. The Morgan fingerprint density at radius 2 is 1.82 bits per heavy atom. The molecule has 0 bridgehead atoms. The summed E-state index contributed by atoms with van der Waals surface area (Å²) >= 11 is 4.72. The fraction of sp³-hybridized carbons (Fsp3) is 0.364. The highest BCUT2D eigenvalue weighted by Gasteiger charge is 2.48. The molecule has 1 N–H and O–H groups in total. The zero-order valence-corrected chi connectivity index (χ0v) is 20.1. The van der Waals surface area contributed by atoms with Crippen molar-refractivity contribution >= 4 is 44.7 Å². The molecule has 2 aliphatic rings. The van der Waals surface area contributed by atoms with Gasteiger partial charge in [0.25, 0.3) is 5.91 Å². The Morgan fingerprint density at radius 1 is 1.12 bits per heavy atom. The van der Waals surface area contributed by atoms with Crippen molar-refractivity contribution in [3.63, 3.8) is 0 Å². The SMILES string of the molecule is O=C(c1nn2c(c1Br)N[C@@H](c1cccs1)C[C@H]2C(F)(F)F)N1CCN(c2ccc(F)cc2)CC1. The Balaban J connectivity index is 1.37. The lowest BCUT2D eigenvalue weighted by Gasteiger charge is -2.35. The number of halogens is 5. The number of nitrogens with one attached hydrogen (secondary N) is 1. The van der Waals surface area contributed by atoms with E-state index in [0.29, 0.717) is 26.2 Å². The molecule has 34 heavy (non-hydrogen) atoms. The summed E-state index contributed by atoms with van der Waals surface area (Å²) < 4.78 is 56.1. The van der Waals surface area contributed by atoms with E-state index < -0.39 is 24.2 Å². The second kappa shape index (κ2) is 8.88. The topological polar surface area (TPSA) is 53.4 Å². The van der Waals surface area contributed by atoms with Crippen LogP contribution in [-0.4, -0.2) is 52.9 Å². The van der Waals surface area contributed by atoms with Crippen LogP contribution in [0.1, 0.15) is 33.9 Å². The lowest BCUT2D eigenvalue weighted by molar-refractivity contribution is -0.173. The van der Waals surface area contributed by atoms with Gasteiger partial charge in [0.05, 0.1) is 10.5 Å². The molecule has 2 aliphatic heterocycles. The molecule has 1 fully saturated rings. The third kappa shape index (κ3) is 4.28. The number of fused-ring (bicyclic) bond motifs is 1. The Hall–Kier alpha value is -2.60. The molecule has 180 valence electrons. The summed E-state index contributed by atoms with van der Waals surface area (Å²) in [6, 6.07) is 7.34. The molecule has 2 aromatic heterocycles. The van der Waals surface area contributed by atoms with Gasteiger partial charge in [0.15, 0.2) is 11.7 Å². The standard InChI is InChI=1S/C22H20BrF4N5OS/c23-18-19(21(33)31-9-7-30(8-10-31)14-5-3-13(24)4-6-14)29-32-17(22(25,26)27)12-15(28-20(18)32)16-2-1-11-34-16/h1-6,11,15,17,28H,7-10,12H2/t15-,17+/m1/s1. The van der Waals surface area contributed by atoms with Crippen molar-refractivity contribution < 1.29 is 22.4 Å². The second-order valence-electron chi connectivity index (χ2n) is 8.22. The summed E-state index contributed by atoms with van der Waals surface area (Å²) in [5.74, 6) is -0.596. The van der Waals surface area contributed by atoms with Gasteiger partial charge in [-0.1, -0.05) is 6.07 Å². The van der Waals surface area contributed by atoms with E-state index in [9.17, 15) is 22.4 Å². The zero-order valence-electron chi connectivity index (χ0n) is 17.7. The van der Waals surface area contributed by atoms with Crippen molar-refractivity contribution in [2.45, 2.75) is 24.7 Å². The largest absolute Gasteiger partial charge is 0.410 e. The van der Waals surface area contributed by atoms with Crippen LogP contribution < -0.4 is 10.2 Å². The molecule has 2 atom stereocenters. The van der Waals surface area contributed by atoms with E-state index in [1.807, 2.05) is 10.3 Å². The summed E-state index contributed by atoms with van der Waals surface area (Å²) in [7, 11) is 0. The molecule has 5 rings (SSSR count). The van der Waals surface area contributed by atoms with Crippen LogP contribution in [0.15, 0.2) is 46.3 Å². The Bertz CT molecular complexity index is 1170. The van der Waals surface area contributed by atoms with Crippen molar-refractivity contribution in [3.8, 4) is 0 Å². The normalized spacial score (nSPS) is 20.7. The minimum atomic E-state index is -4.51. The molecule has 1 amide bonds. The Kier molecular flexibility index (Phi) is 6.05. The Morgan fingerprint density at radius 3 is 2.44 bits per heavy atom. The number of aromatic nitrogens is 2. The number of piperazine rings is 1. The molecule has 3 aromatic rings. The van der Waals surface area contributed by atoms with E-state index in [1.54, 1.807) is 29.2 Å². The third-order valence-electron chi connectivity index (χ3n) is 6.14. The van der Waals surface area contributed by atoms with Crippen LogP contribution in [0.2, 0.25) is 0 Å². The number of alkyl halides is 3. The summed E-state index contributed by atoms with van der Waals surface area (Å²) in [4.78, 5) is 17.6. The predicted octanol–water partition coefficient (Wildman–Crippen LogP) is 5.47. The maximum absolute atomic E-state index is 13.9. The molecule has 0 spiro atoms. The molecule has 1 saturated heterocycles. The van der Waals surface area contributed by atoms with E-state index >= 15 is 0 Å². The van der Waals surface area contributed by atoms with Gasteiger partial charge in [-0.15, -0.1) is 11.3 Å². The molecule has 6 nitrogen and oxygen atoms in total. The molecule has 4 heterocycles. The van der Waals surface area contributed by atoms with Crippen LogP contribution in [-0.2, 0) is 0 Å². The number of carbonyl (C=O) groups is 1. The maximum Gasteiger partial charge on any atom is 0.410 e. The highest BCUT2D eigenvalue weighted by molar-refractivity contribution is 9.10. The van der Waals surface area contributed by atoms with Crippen LogP contribution in [0.25, 0.3) is 0 Å². The quantitative estimate of drug-likeness (QED) is 0.434. The van der Waals surface area contributed by atoms with Gasteiger partial charge in [-0.3, -0.25) is 4.79 Å². The van der Waals surface area contributed by atoms with Crippen molar-refractivity contribution in [1.29, 1.82) is 0 Å². The van der Waals surface area contributed by atoms with Crippen molar-refractivity contribution in [1.82, 2.24) is 14.7 Å². The number of thiophene rings is 1. The molecular weight excluding hydrogens is 538 g/mol. The minimum absolute atomic E-state index is 0.0428. The van der Waals surface area contributed by atoms with Gasteiger partial charge in [0.2, 0.25) is 0 Å². The summed E-state index contributed by atoms with van der Waals surface area (Å²) in [5, 5.41) is 9.08. The molecule has 1 aromatic carbocycles. The first-order chi connectivity index (χ1) is 16.2. The van der Waals surface area contributed by atoms with Crippen LogP contribution in [0.5, 0.6) is 0 Å². The van der Waals surface area contributed by atoms with E-state index in [2.05, 4.69) is 26.3 Å². The van der Waals surface area contributed by atoms with E-state index in [0.717, 1.165) is 15.2 Å². The molecule has 0 aliphatic carbocycles. The monoisotopic (exact) mass is 557 g/mol. The molecule has 12 heteroatoms. The molecular formula is C22H20BrF4N5OS. The zero-order chi connectivity index (χ0) is 24.0. The lowest BCUT2D eigenvalue weighted by atomic mass is 10.0. The van der Waals surface area contributed by atoms with Gasteiger partial charge < -0.3 is 15.1 Å². The van der Waals surface area contributed by atoms with Crippen molar-refractivity contribution in [2.24, 2.45) is 0 Å². The first-order valence-corrected chi connectivity index (χ1v) is 12.3. The van der Waals surface area contributed by atoms with Gasteiger partial charge in [-0.2, -0.15) is 18.3 Å². The summed E-state index contributed by atoms with van der Waals surface area (Å²) in [6.07, 6.45) is -4.73. The number of rotatable bonds is 3. The van der Waals surface area contributed by atoms with Crippen molar-refractivity contribution in [2.75, 3.05) is 36.4 Å². The van der Waals surface area contributed by atoms with E-state index in [4.69, 9.17) is 0 Å². The molecule has 0 radical (unpaired) electrons. The van der Waals surface area contributed by atoms with Crippen LogP contribution in [0.4, 0.5) is 29.1 Å². The number of carbonyl (C=O) groups excluding carboxylic acids is 1. The fourth-order valence-corrected chi connectivity index (χ4v) is 5.71. The molecule has 0 unspecified atom stereocenters. The highest BCUT2D eigenvalue weighted by atomic mass is 79.9. The van der Waals surface area contributed by atoms with Gasteiger partial charge in [-0.25, -0.2) is 9.07 Å². The van der Waals surface area contributed by atoms with Gasteiger partial charge in [-0.05, 0) is 51.6 Å². The minimum Gasteiger partial charge on any atom is -0.368 e.